The third-order valence-electron chi connectivity index (χ3n) is 11.2. The molecule has 0 bridgehead atoms. The molecule has 3 heteroatoms. The monoisotopic (exact) mass is 673 g/mol. The fraction of sp³-hybridized carbons (Fsp3) is 0.0200. The van der Waals surface area contributed by atoms with Gasteiger partial charge in [-0.05, 0) is 72.5 Å². The molecule has 1 spiro atoms. The number of benzene rings is 8. The minimum Gasteiger partial charge on any atom is -0.208 e. The van der Waals surface area contributed by atoms with E-state index in [2.05, 4.69) is 127 Å². The summed E-state index contributed by atoms with van der Waals surface area (Å²) in [5.74, 6) is 1.97. The number of hydrogen-bond acceptors (Lipinski definition) is 3. The molecule has 1 atom stereocenters. The van der Waals surface area contributed by atoms with Gasteiger partial charge in [0.1, 0.15) is 0 Å². The molecule has 2 aliphatic carbocycles. The molecule has 0 amide bonds. The van der Waals surface area contributed by atoms with E-state index in [0.717, 1.165) is 22.3 Å². The predicted molar refractivity (Wildman–Crippen MR) is 215 cm³/mol. The Hall–Kier alpha value is -6.97. The van der Waals surface area contributed by atoms with Crippen LogP contribution in [0.5, 0.6) is 0 Å². The first-order valence-corrected chi connectivity index (χ1v) is 18.1. The topological polar surface area (TPSA) is 38.7 Å². The Bertz CT molecular complexity index is 2820. The van der Waals surface area contributed by atoms with Crippen molar-refractivity contribution in [1.29, 1.82) is 0 Å². The van der Waals surface area contributed by atoms with E-state index in [1.54, 1.807) is 0 Å². The molecule has 0 fully saturated rings. The molecule has 53 heavy (non-hydrogen) atoms. The highest BCUT2D eigenvalue weighted by molar-refractivity contribution is 6.06. The molecule has 246 valence electrons. The summed E-state index contributed by atoms with van der Waals surface area (Å²) in [6.45, 7) is 0. The maximum Gasteiger partial charge on any atom is 0.164 e. The Morgan fingerprint density at radius 1 is 0.302 bits per heavy atom. The minimum absolute atomic E-state index is 0.412. The predicted octanol–water partition coefficient (Wildman–Crippen LogP) is 12.0. The Morgan fingerprint density at radius 3 is 1.47 bits per heavy atom. The van der Waals surface area contributed by atoms with Crippen LogP contribution in [0, 0.1) is 0 Å². The van der Waals surface area contributed by atoms with Crippen LogP contribution in [-0.4, -0.2) is 15.0 Å². The molecule has 8 aromatic carbocycles. The highest BCUT2D eigenvalue weighted by atomic mass is 15.0. The molecular weight excluding hydrogens is 643 g/mol. The van der Waals surface area contributed by atoms with Crippen LogP contribution < -0.4 is 0 Å². The molecule has 0 N–H and O–H groups in total. The van der Waals surface area contributed by atoms with Crippen LogP contribution in [0.2, 0.25) is 0 Å². The quantitative estimate of drug-likeness (QED) is 0.187. The lowest BCUT2D eigenvalue weighted by molar-refractivity contribution is 0.795. The van der Waals surface area contributed by atoms with Gasteiger partial charge in [-0.2, -0.15) is 0 Å². The van der Waals surface area contributed by atoms with Crippen LogP contribution in [0.4, 0.5) is 0 Å². The molecule has 9 aromatic rings. The fourth-order valence-corrected chi connectivity index (χ4v) is 8.84. The lowest BCUT2D eigenvalue weighted by Gasteiger charge is -2.31. The Morgan fingerprint density at radius 2 is 0.792 bits per heavy atom. The van der Waals surface area contributed by atoms with Crippen LogP contribution in [0.25, 0.3) is 78.3 Å². The van der Waals surface area contributed by atoms with Crippen molar-refractivity contribution in [3.05, 3.63) is 210 Å². The van der Waals surface area contributed by atoms with Crippen molar-refractivity contribution < 1.29 is 0 Å². The first-order valence-electron chi connectivity index (χ1n) is 18.1. The van der Waals surface area contributed by atoms with Gasteiger partial charge in [0.25, 0.3) is 0 Å². The van der Waals surface area contributed by atoms with Gasteiger partial charge in [0, 0.05) is 16.7 Å². The third kappa shape index (κ3) is 4.38. The maximum atomic E-state index is 4.96. The first-order chi connectivity index (χ1) is 26.3. The Kier molecular flexibility index (Phi) is 6.47. The summed E-state index contributed by atoms with van der Waals surface area (Å²) in [6.07, 6.45) is 0. The number of fused-ring (bicyclic) bond motifs is 12. The van der Waals surface area contributed by atoms with E-state index in [9.17, 15) is 0 Å². The van der Waals surface area contributed by atoms with Gasteiger partial charge >= 0.3 is 0 Å². The number of aromatic nitrogens is 3. The molecule has 0 saturated heterocycles. The second-order valence-corrected chi connectivity index (χ2v) is 13.9. The van der Waals surface area contributed by atoms with Gasteiger partial charge in [0.2, 0.25) is 0 Å². The molecule has 0 aliphatic heterocycles. The van der Waals surface area contributed by atoms with Crippen molar-refractivity contribution >= 4 is 10.8 Å². The average molecular weight is 674 g/mol. The fourth-order valence-electron chi connectivity index (χ4n) is 8.84. The highest BCUT2D eigenvalue weighted by Crippen LogP contribution is 2.64. The van der Waals surface area contributed by atoms with Gasteiger partial charge in [-0.3, -0.25) is 0 Å². The van der Waals surface area contributed by atoms with Crippen LogP contribution in [0.15, 0.2) is 188 Å². The van der Waals surface area contributed by atoms with Crippen LogP contribution >= 0.6 is 0 Å². The Balaban J connectivity index is 1.06. The number of rotatable bonds is 4. The third-order valence-corrected chi connectivity index (χ3v) is 11.2. The van der Waals surface area contributed by atoms with E-state index in [-0.39, 0.29) is 0 Å². The second kappa shape index (κ2) is 11.5. The van der Waals surface area contributed by atoms with E-state index in [1.165, 1.54) is 60.8 Å². The molecule has 0 radical (unpaired) electrons. The maximum absolute atomic E-state index is 4.96. The summed E-state index contributed by atoms with van der Waals surface area (Å²) in [5.41, 5.74) is 15.4. The van der Waals surface area contributed by atoms with E-state index < -0.39 is 5.41 Å². The SMILES string of the molecule is c1ccc(-c2nc(-c3ccccc3)nc(-c3ccc(-c4ccc5c(c4)C4(c6ccccc6-5)c5ccccc5-c5c4ccc4ccccc54)cc3)n2)cc1. The zero-order valence-corrected chi connectivity index (χ0v) is 28.7. The zero-order valence-electron chi connectivity index (χ0n) is 28.7. The smallest absolute Gasteiger partial charge is 0.164 e. The lowest BCUT2D eigenvalue weighted by atomic mass is 9.70. The van der Waals surface area contributed by atoms with E-state index in [1.807, 2.05) is 60.7 Å². The van der Waals surface area contributed by atoms with Crippen LogP contribution in [0.1, 0.15) is 22.3 Å². The van der Waals surface area contributed by atoms with Crippen molar-refractivity contribution in [3.63, 3.8) is 0 Å². The molecule has 1 heterocycles. The van der Waals surface area contributed by atoms with Gasteiger partial charge in [-0.25, -0.2) is 15.0 Å². The second-order valence-electron chi connectivity index (χ2n) is 13.9. The largest absolute Gasteiger partial charge is 0.208 e. The molecule has 0 saturated carbocycles. The molecule has 2 aliphatic rings. The Labute approximate surface area is 308 Å². The standard InChI is InChI=1S/C50H31N3/c1-3-14-34(15-4-1)47-51-48(35-16-5-2-6-17-35)53-49(52-47)36-25-23-32(24-26-36)37-27-29-40-39-19-9-11-21-42(39)50(45(40)31-37)43-22-12-10-20-41(43)46-38-18-8-7-13-33(38)28-30-44(46)50/h1-31H. The van der Waals surface area contributed by atoms with Crippen LogP contribution in [0.3, 0.4) is 0 Å². The highest BCUT2D eigenvalue weighted by Gasteiger charge is 2.52. The van der Waals surface area contributed by atoms with Gasteiger partial charge in [-0.1, -0.05) is 182 Å². The molecule has 1 aromatic heterocycles. The van der Waals surface area contributed by atoms with E-state index >= 15 is 0 Å². The molecule has 11 rings (SSSR count). The summed E-state index contributed by atoms with van der Waals surface area (Å²) < 4.78 is 0. The summed E-state index contributed by atoms with van der Waals surface area (Å²) >= 11 is 0. The molecule has 3 nitrogen and oxygen atoms in total. The van der Waals surface area contributed by atoms with Crippen LogP contribution in [-0.2, 0) is 5.41 Å². The van der Waals surface area contributed by atoms with E-state index in [0.29, 0.717) is 17.5 Å². The summed E-state index contributed by atoms with van der Waals surface area (Å²) in [4.78, 5) is 14.8. The summed E-state index contributed by atoms with van der Waals surface area (Å²) in [6, 6.07) is 67.5. The first kappa shape index (κ1) is 29.7. The van der Waals surface area contributed by atoms with Gasteiger partial charge < -0.3 is 0 Å². The zero-order chi connectivity index (χ0) is 34.9. The molecular formula is C50H31N3. The number of hydrogen-bond donors (Lipinski definition) is 0. The van der Waals surface area contributed by atoms with Crippen molar-refractivity contribution in [3.8, 4) is 67.5 Å². The van der Waals surface area contributed by atoms with Crippen molar-refractivity contribution in [1.82, 2.24) is 15.0 Å². The average Bonchev–Trinajstić information content (AvgIpc) is 3.71. The normalized spacial score (nSPS) is 14.9. The summed E-state index contributed by atoms with van der Waals surface area (Å²) in [7, 11) is 0. The lowest BCUT2D eigenvalue weighted by Crippen LogP contribution is -2.25. The van der Waals surface area contributed by atoms with Gasteiger partial charge in [0.15, 0.2) is 17.5 Å². The van der Waals surface area contributed by atoms with Gasteiger partial charge in [0.05, 0.1) is 5.41 Å². The van der Waals surface area contributed by atoms with Gasteiger partial charge in [-0.15, -0.1) is 0 Å². The van der Waals surface area contributed by atoms with Crippen molar-refractivity contribution in [2.75, 3.05) is 0 Å². The molecule has 1 unspecified atom stereocenters. The van der Waals surface area contributed by atoms with Crippen molar-refractivity contribution in [2.24, 2.45) is 0 Å². The van der Waals surface area contributed by atoms with E-state index in [4.69, 9.17) is 15.0 Å². The summed E-state index contributed by atoms with van der Waals surface area (Å²) in [5, 5.41) is 2.57. The minimum atomic E-state index is -0.412. The van der Waals surface area contributed by atoms with Crippen molar-refractivity contribution in [2.45, 2.75) is 5.41 Å². The number of nitrogens with zero attached hydrogens (tertiary/aromatic N) is 3.